The smallest absolute Gasteiger partial charge is 0.0273 e. The third-order valence-corrected chi connectivity index (χ3v) is 1.03. The molecule has 0 aliphatic carbocycles. The molecule has 0 bridgehead atoms. The molecule has 0 spiro atoms. The van der Waals surface area contributed by atoms with Gasteiger partial charge >= 0.3 is 0 Å². The molecule has 0 aliphatic rings. The molecule has 2 N–H and O–H groups in total. The summed E-state index contributed by atoms with van der Waals surface area (Å²) in [5.74, 6) is 0. The zero-order chi connectivity index (χ0) is 7.82. The van der Waals surface area contributed by atoms with E-state index in [1.807, 2.05) is 37.3 Å². The average Bonchev–Trinajstić information content (AvgIpc) is 1.89. The van der Waals surface area contributed by atoms with E-state index in [1.165, 1.54) is 0 Å². The van der Waals surface area contributed by atoms with Crippen LogP contribution < -0.4 is 5.73 Å². The zero-order valence-corrected chi connectivity index (χ0v) is 6.67. The van der Waals surface area contributed by atoms with Gasteiger partial charge in [0.25, 0.3) is 0 Å². The van der Waals surface area contributed by atoms with Crippen LogP contribution in [0, 0.1) is 0 Å². The van der Waals surface area contributed by atoms with Crippen molar-refractivity contribution >= 4 is 0 Å². The topological polar surface area (TPSA) is 26.0 Å². The zero-order valence-electron chi connectivity index (χ0n) is 6.67. The molecule has 0 saturated carbocycles. The summed E-state index contributed by atoms with van der Waals surface area (Å²) in [6.45, 7) is 4.04. The standard InChI is InChI=1S/C9H15N/c1-3-5-6-8-9(10)7-4-2/h3,5-8H,4,10H2,1-2H3/b5-3-,8-6-,9-7+. The van der Waals surface area contributed by atoms with Crippen LogP contribution in [0.5, 0.6) is 0 Å². The summed E-state index contributed by atoms with van der Waals surface area (Å²) in [5, 5.41) is 0. The van der Waals surface area contributed by atoms with E-state index >= 15 is 0 Å². The minimum Gasteiger partial charge on any atom is -0.399 e. The maximum absolute atomic E-state index is 5.57. The predicted molar refractivity (Wildman–Crippen MR) is 46.5 cm³/mol. The van der Waals surface area contributed by atoms with Gasteiger partial charge in [0.15, 0.2) is 0 Å². The lowest BCUT2D eigenvalue weighted by molar-refractivity contribution is 1.18. The molecule has 0 unspecified atom stereocenters. The van der Waals surface area contributed by atoms with Crippen LogP contribution in [0.3, 0.4) is 0 Å². The van der Waals surface area contributed by atoms with Gasteiger partial charge in [0.05, 0.1) is 0 Å². The Labute approximate surface area is 62.9 Å². The highest BCUT2D eigenvalue weighted by Gasteiger charge is 1.75. The van der Waals surface area contributed by atoms with Crippen molar-refractivity contribution in [3.63, 3.8) is 0 Å². The number of hydrogen-bond donors (Lipinski definition) is 1. The summed E-state index contributed by atoms with van der Waals surface area (Å²) in [5.41, 5.74) is 6.40. The second kappa shape index (κ2) is 6.14. The first kappa shape index (κ1) is 9.02. The third kappa shape index (κ3) is 5.16. The number of rotatable bonds is 3. The Bertz CT molecular complexity index is 152. The van der Waals surface area contributed by atoms with E-state index in [2.05, 4.69) is 6.92 Å². The van der Waals surface area contributed by atoms with Crippen LogP contribution >= 0.6 is 0 Å². The Morgan fingerprint density at radius 3 is 2.60 bits per heavy atom. The van der Waals surface area contributed by atoms with Gasteiger partial charge in [0.1, 0.15) is 0 Å². The van der Waals surface area contributed by atoms with Crippen molar-refractivity contribution < 1.29 is 0 Å². The van der Waals surface area contributed by atoms with Crippen molar-refractivity contribution in [2.24, 2.45) is 5.73 Å². The van der Waals surface area contributed by atoms with Crippen molar-refractivity contribution in [3.8, 4) is 0 Å². The maximum Gasteiger partial charge on any atom is 0.0273 e. The SMILES string of the molecule is C\C=C/C=C\C(N)=C/CC. The molecular weight excluding hydrogens is 122 g/mol. The normalized spacial score (nSPS) is 13.6. The fourth-order valence-electron chi connectivity index (χ4n) is 0.582. The van der Waals surface area contributed by atoms with E-state index < -0.39 is 0 Å². The van der Waals surface area contributed by atoms with Gasteiger partial charge in [0, 0.05) is 5.70 Å². The lowest BCUT2D eigenvalue weighted by Gasteiger charge is -1.87. The Hall–Kier alpha value is -0.980. The molecule has 0 atom stereocenters. The molecule has 0 amide bonds. The van der Waals surface area contributed by atoms with Gasteiger partial charge in [-0.15, -0.1) is 0 Å². The van der Waals surface area contributed by atoms with Gasteiger partial charge in [-0.2, -0.15) is 0 Å². The quantitative estimate of drug-likeness (QED) is 0.594. The van der Waals surface area contributed by atoms with Crippen molar-refractivity contribution in [1.29, 1.82) is 0 Å². The van der Waals surface area contributed by atoms with E-state index in [9.17, 15) is 0 Å². The Balaban J connectivity index is 3.76. The molecule has 56 valence electrons. The first-order valence-corrected chi connectivity index (χ1v) is 3.56. The molecule has 0 rings (SSSR count). The number of allylic oxidation sites excluding steroid dienone is 5. The molecule has 0 heterocycles. The summed E-state index contributed by atoms with van der Waals surface area (Å²) in [6.07, 6.45) is 10.7. The summed E-state index contributed by atoms with van der Waals surface area (Å²) in [4.78, 5) is 0. The monoisotopic (exact) mass is 137 g/mol. The summed E-state index contributed by atoms with van der Waals surface area (Å²) < 4.78 is 0. The van der Waals surface area contributed by atoms with Crippen LogP contribution in [0.4, 0.5) is 0 Å². The fourth-order valence-corrected chi connectivity index (χ4v) is 0.582. The fraction of sp³-hybridized carbons (Fsp3) is 0.333. The molecule has 0 aromatic rings. The van der Waals surface area contributed by atoms with E-state index in [0.29, 0.717) is 0 Å². The number of nitrogens with two attached hydrogens (primary N) is 1. The maximum atomic E-state index is 5.57. The van der Waals surface area contributed by atoms with Crippen molar-refractivity contribution in [3.05, 3.63) is 36.1 Å². The predicted octanol–water partition coefficient (Wildman–Crippen LogP) is 2.37. The molecule has 0 radical (unpaired) electrons. The van der Waals surface area contributed by atoms with E-state index in [4.69, 9.17) is 5.73 Å². The van der Waals surface area contributed by atoms with E-state index in [1.54, 1.807) is 0 Å². The molecular formula is C9H15N. The van der Waals surface area contributed by atoms with Crippen LogP contribution in [0.15, 0.2) is 36.1 Å². The first-order chi connectivity index (χ1) is 4.81. The minimum absolute atomic E-state index is 0.834. The highest BCUT2D eigenvalue weighted by atomic mass is 14.5. The lowest BCUT2D eigenvalue weighted by atomic mass is 10.3. The Morgan fingerprint density at radius 1 is 1.40 bits per heavy atom. The van der Waals surface area contributed by atoms with Crippen LogP contribution in [-0.2, 0) is 0 Å². The molecule has 0 aliphatic heterocycles. The molecule has 0 aromatic heterocycles. The largest absolute Gasteiger partial charge is 0.399 e. The van der Waals surface area contributed by atoms with Crippen molar-refractivity contribution in [1.82, 2.24) is 0 Å². The molecule has 1 heteroatoms. The van der Waals surface area contributed by atoms with Crippen molar-refractivity contribution in [2.45, 2.75) is 20.3 Å². The Morgan fingerprint density at radius 2 is 2.10 bits per heavy atom. The van der Waals surface area contributed by atoms with Gasteiger partial charge in [-0.3, -0.25) is 0 Å². The summed E-state index contributed by atoms with van der Waals surface area (Å²) in [6, 6.07) is 0. The Kier molecular flexibility index (Phi) is 5.54. The molecule has 0 aromatic carbocycles. The average molecular weight is 137 g/mol. The summed E-state index contributed by atoms with van der Waals surface area (Å²) in [7, 11) is 0. The molecule has 10 heavy (non-hydrogen) atoms. The molecule has 1 nitrogen and oxygen atoms in total. The highest BCUT2D eigenvalue weighted by molar-refractivity contribution is 5.18. The highest BCUT2D eigenvalue weighted by Crippen LogP contribution is 1.89. The second-order valence-electron chi connectivity index (χ2n) is 2.00. The lowest BCUT2D eigenvalue weighted by Crippen LogP contribution is -1.90. The van der Waals surface area contributed by atoms with Crippen LogP contribution in [0.2, 0.25) is 0 Å². The molecule has 0 saturated heterocycles. The van der Waals surface area contributed by atoms with Gasteiger partial charge < -0.3 is 5.73 Å². The van der Waals surface area contributed by atoms with Crippen LogP contribution in [0.25, 0.3) is 0 Å². The first-order valence-electron chi connectivity index (χ1n) is 3.56. The van der Waals surface area contributed by atoms with Crippen molar-refractivity contribution in [2.75, 3.05) is 0 Å². The third-order valence-electron chi connectivity index (χ3n) is 1.03. The second-order valence-corrected chi connectivity index (χ2v) is 2.00. The van der Waals surface area contributed by atoms with Gasteiger partial charge in [0.2, 0.25) is 0 Å². The van der Waals surface area contributed by atoms with Crippen LogP contribution in [0.1, 0.15) is 20.3 Å². The van der Waals surface area contributed by atoms with Crippen LogP contribution in [-0.4, -0.2) is 0 Å². The van der Waals surface area contributed by atoms with E-state index in [-0.39, 0.29) is 0 Å². The van der Waals surface area contributed by atoms with E-state index in [0.717, 1.165) is 12.1 Å². The van der Waals surface area contributed by atoms with Gasteiger partial charge in [-0.05, 0) is 19.4 Å². The van der Waals surface area contributed by atoms with Gasteiger partial charge in [-0.1, -0.05) is 31.2 Å². The number of hydrogen-bond acceptors (Lipinski definition) is 1. The molecule has 0 fully saturated rings. The minimum atomic E-state index is 0.834. The van der Waals surface area contributed by atoms with Gasteiger partial charge in [-0.25, -0.2) is 0 Å². The summed E-state index contributed by atoms with van der Waals surface area (Å²) >= 11 is 0.